The number of nitrogens with zero attached hydrogens (tertiary/aromatic N) is 1. The molecule has 2 aromatic rings. The maximum atomic E-state index is 12.8. The van der Waals surface area contributed by atoms with Crippen molar-refractivity contribution in [1.82, 2.24) is 9.78 Å². The molecule has 0 spiro atoms. The van der Waals surface area contributed by atoms with E-state index in [1.807, 2.05) is 6.07 Å². The zero-order chi connectivity index (χ0) is 16.1. The molecule has 1 N–H and O–H groups in total. The van der Waals surface area contributed by atoms with Crippen LogP contribution in [0.25, 0.3) is 5.69 Å². The summed E-state index contributed by atoms with van der Waals surface area (Å²) in [6, 6.07) is 6.18. The van der Waals surface area contributed by atoms with Gasteiger partial charge in [0.2, 0.25) is 0 Å². The van der Waals surface area contributed by atoms with E-state index < -0.39 is 0 Å². The Morgan fingerprint density at radius 2 is 1.68 bits per heavy atom. The van der Waals surface area contributed by atoms with Crippen molar-refractivity contribution in [3.63, 3.8) is 0 Å². The molecule has 1 aromatic carbocycles. The molecule has 3 heteroatoms. The van der Waals surface area contributed by atoms with Crippen LogP contribution in [-0.2, 0) is 12.8 Å². The van der Waals surface area contributed by atoms with Gasteiger partial charge in [-0.3, -0.25) is 9.89 Å². The van der Waals surface area contributed by atoms with Crippen LogP contribution in [0, 0.1) is 13.8 Å². The number of H-pyrrole nitrogens is 1. The molecule has 0 bridgehead atoms. The van der Waals surface area contributed by atoms with E-state index in [-0.39, 0.29) is 5.56 Å². The van der Waals surface area contributed by atoms with Crippen LogP contribution in [0.2, 0.25) is 0 Å². The Labute approximate surface area is 133 Å². The third kappa shape index (κ3) is 3.52. The Bertz CT molecular complexity index is 679. The van der Waals surface area contributed by atoms with Crippen molar-refractivity contribution >= 4 is 0 Å². The minimum Gasteiger partial charge on any atom is -0.295 e. The van der Waals surface area contributed by atoms with E-state index >= 15 is 0 Å². The molecule has 120 valence electrons. The Balaban J connectivity index is 2.44. The van der Waals surface area contributed by atoms with Crippen LogP contribution in [0.5, 0.6) is 0 Å². The summed E-state index contributed by atoms with van der Waals surface area (Å²) in [5.74, 6) is 0. The SMILES string of the molecule is CCCCc1[nH]n(-c2ccc(C)c(C)c2)c(=O)c1CCCC. The normalized spacial score (nSPS) is 11.1. The first-order valence-electron chi connectivity index (χ1n) is 8.48. The largest absolute Gasteiger partial charge is 0.295 e. The van der Waals surface area contributed by atoms with E-state index in [0.29, 0.717) is 0 Å². The Kier molecular flexibility index (Phi) is 5.64. The summed E-state index contributed by atoms with van der Waals surface area (Å²) in [7, 11) is 0. The zero-order valence-electron chi connectivity index (χ0n) is 14.3. The standard InChI is InChI=1S/C19H28N2O/c1-5-7-9-17-18(10-8-6-2)20-21(19(17)22)16-12-11-14(3)15(4)13-16/h11-13,20H,5-10H2,1-4H3. The number of nitrogens with one attached hydrogen (secondary N) is 1. The van der Waals surface area contributed by atoms with E-state index in [4.69, 9.17) is 0 Å². The summed E-state index contributed by atoms with van der Waals surface area (Å²) >= 11 is 0. The molecule has 0 saturated heterocycles. The number of rotatable bonds is 7. The number of aromatic nitrogens is 2. The molecule has 1 aromatic heterocycles. The number of aromatic amines is 1. The van der Waals surface area contributed by atoms with Crippen molar-refractivity contribution in [2.75, 3.05) is 0 Å². The van der Waals surface area contributed by atoms with Gasteiger partial charge in [-0.1, -0.05) is 32.8 Å². The summed E-state index contributed by atoms with van der Waals surface area (Å²) < 4.78 is 1.72. The number of aryl methyl sites for hydroxylation is 3. The van der Waals surface area contributed by atoms with Crippen LogP contribution >= 0.6 is 0 Å². The summed E-state index contributed by atoms with van der Waals surface area (Å²) in [5.41, 5.74) is 5.63. The highest BCUT2D eigenvalue weighted by Crippen LogP contribution is 2.15. The van der Waals surface area contributed by atoms with Crippen LogP contribution in [0.3, 0.4) is 0 Å². The molecule has 0 fully saturated rings. The Morgan fingerprint density at radius 3 is 2.32 bits per heavy atom. The van der Waals surface area contributed by atoms with Crippen LogP contribution in [0.15, 0.2) is 23.0 Å². The van der Waals surface area contributed by atoms with E-state index in [9.17, 15) is 4.79 Å². The van der Waals surface area contributed by atoms with E-state index in [1.54, 1.807) is 4.68 Å². The number of hydrogen-bond donors (Lipinski definition) is 1. The van der Waals surface area contributed by atoms with Crippen molar-refractivity contribution in [2.24, 2.45) is 0 Å². The summed E-state index contributed by atoms with van der Waals surface area (Å²) in [4.78, 5) is 12.8. The Morgan fingerprint density at radius 1 is 1.00 bits per heavy atom. The molecule has 0 amide bonds. The van der Waals surface area contributed by atoms with Gasteiger partial charge < -0.3 is 0 Å². The molecular formula is C19H28N2O. The van der Waals surface area contributed by atoms with Gasteiger partial charge in [-0.15, -0.1) is 0 Å². The zero-order valence-corrected chi connectivity index (χ0v) is 14.3. The second-order valence-electron chi connectivity index (χ2n) is 6.19. The third-order valence-corrected chi connectivity index (χ3v) is 4.38. The van der Waals surface area contributed by atoms with Crippen LogP contribution < -0.4 is 5.56 Å². The maximum absolute atomic E-state index is 12.8. The van der Waals surface area contributed by atoms with Crippen molar-refractivity contribution < 1.29 is 0 Å². The molecule has 0 atom stereocenters. The van der Waals surface area contributed by atoms with E-state index in [1.165, 1.54) is 11.1 Å². The highest BCUT2D eigenvalue weighted by Gasteiger charge is 2.14. The maximum Gasteiger partial charge on any atom is 0.274 e. The topological polar surface area (TPSA) is 37.8 Å². The summed E-state index contributed by atoms with van der Waals surface area (Å²) in [5, 5.41) is 3.36. The molecule has 2 rings (SSSR count). The molecule has 0 aliphatic rings. The fraction of sp³-hybridized carbons (Fsp3) is 0.526. The third-order valence-electron chi connectivity index (χ3n) is 4.38. The minimum absolute atomic E-state index is 0.128. The Hall–Kier alpha value is -1.77. The average Bonchev–Trinajstić information content (AvgIpc) is 2.82. The predicted molar refractivity (Wildman–Crippen MR) is 93.1 cm³/mol. The van der Waals surface area contributed by atoms with Gasteiger partial charge in [0.1, 0.15) is 0 Å². The van der Waals surface area contributed by atoms with Crippen molar-refractivity contribution in [1.29, 1.82) is 0 Å². The van der Waals surface area contributed by atoms with Gasteiger partial charge in [-0.2, -0.15) is 0 Å². The van der Waals surface area contributed by atoms with E-state index in [2.05, 4.69) is 44.9 Å². The molecule has 22 heavy (non-hydrogen) atoms. The smallest absolute Gasteiger partial charge is 0.274 e. The van der Waals surface area contributed by atoms with Crippen LogP contribution in [0.1, 0.15) is 61.9 Å². The lowest BCUT2D eigenvalue weighted by atomic mass is 10.1. The molecule has 1 heterocycles. The quantitative estimate of drug-likeness (QED) is 0.805. The second kappa shape index (κ2) is 7.48. The highest BCUT2D eigenvalue weighted by atomic mass is 16.1. The van der Waals surface area contributed by atoms with Crippen molar-refractivity contribution in [2.45, 2.75) is 66.2 Å². The lowest BCUT2D eigenvalue weighted by molar-refractivity contribution is 0.737. The lowest BCUT2D eigenvalue weighted by Crippen LogP contribution is -2.17. The van der Waals surface area contributed by atoms with Gasteiger partial charge in [0.15, 0.2) is 0 Å². The van der Waals surface area contributed by atoms with Crippen molar-refractivity contribution in [3.8, 4) is 5.69 Å². The molecule has 0 radical (unpaired) electrons. The van der Waals surface area contributed by atoms with Gasteiger partial charge in [0.25, 0.3) is 5.56 Å². The fourth-order valence-electron chi connectivity index (χ4n) is 2.74. The summed E-state index contributed by atoms with van der Waals surface area (Å²) in [6.45, 7) is 8.53. The van der Waals surface area contributed by atoms with Gasteiger partial charge >= 0.3 is 0 Å². The molecule has 3 nitrogen and oxygen atoms in total. The van der Waals surface area contributed by atoms with Gasteiger partial charge in [-0.25, -0.2) is 4.68 Å². The molecule has 0 saturated carbocycles. The monoisotopic (exact) mass is 300 g/mol. The first kappa shape index (κ1) is 16.6. The van der Waals surface area contributed by atoms with Gasteiger partial charge in [-0.05, 0) is 62.8 Å². The number of benzene rings is 1. The first-order chi connectivity index (χ1) is 10.6. The first-order valence-corrected chi connectivity index (χ1v) is 8.48. The van der Waals surface area contributed by atoms with Gasteiger partial charge in [0, 0.05) is 11.3 Å². The van der Waals surface area contributed by atoms with Crippen LogP contribution in [0.4, 0.5) is 0 Å². The van der Waals surface area contributed by atoms with Crippen molar-refractivity contribution in [3.05, 3.63) is 50.9 Å². The second-order valence-corrected chi connectivity index (χ2v) is 6.19. The lowest BCUT2D eigenvalue weighted by Gasteiger charge is -2.05. The van der Waals surface area contributed by atoms with Crippen LogP contribution in [-0.4, -0.2) is 9.78 Å². The highest BCUT2D eigenvalue weighted by molar-refractivity contribution is 5.40. The fourth-order valence-corrected chi connectivity index (χ4v) is 2.74. The van der Waals surface area contributed by atoms with E-state index in [0.717, 1.165) is 55.5 Å². The summed E-state index contributed by atoms with van der Waals surface area (Å²) in [6.07, 6.45) is 6.28. The molecule has 0 unspecified atom stereocenters. The molecule has 0 aliphatic carbocycles. The molecule has 0 aliphatic heterocycles. The number of hydrogen-bond acceptors (Lipinski definition) is 1. The predicted octanol–water partition coefficient (Wildman–Crippen LogP) is 4.47. The molecular weight excluding hydrogens is 272 g/mol. The minimum atomic E-state index is 0.128. The van der Waals surface area contributed by atoms with Gasteiger partial charge in [0.05, 0.1) is 5.69 Å². The number of unbranched alkanes of at least 4 members (excludes halogenated alkanes) is 2. The average molecular weight is 300 g/mol.